The molecule has 0 saturated carbocycles. The second-order valence-electron chi connectivity index (χ2n) is 7.60. The predicted octanol–water partition coefficient (Wildman–Crippen LogP) is 7.92. The van der Waals surface area contributed by atoms with Crippen molar-refractivity contribution in [2.24, 2.45) is 0 Å². The fourth-order valence-corrected chi connectivity index (χ4v) is 4.54. The summed E-state index contributed by atoms with van der Waals surface area (Å²) in [5.74, 6) is 0. The molecule has 0 N–H and O–H groups in total. The van der Waals surface area contributed by atoms with E-state index in [0.29, 0.717) is 10.8 Å². The van der Waals surface area contributed by atoms with Gasteiger partial charge >= 0.3 is 0 Å². The molecule has 6 rings (SSSR count). The molecule has 0 aliphatic heterocycles. The van der Waals surface area contributed by atoms with E-state index in [1.54, 1.807) is 0 Å². The van der Waals surface area contributed by atoms with E-state index >= 15 is 0 Å². The van der Waals surface area contributed by atoms with Gasteiger partial charge in [-0.05, 0) is 28.0 Å². The van der Waals surface area contributed by atoms with Gasteiger partial charge < -0.3 is 0 Å². The van der Waals surface area contributed by atoms with Gasteiger partial charge in [-0.2, -0.15) is 0 Å². The maximum Gasteiger partial charge on any atom is 0.156 e. The summed E-state index contributed by atoms with van der Waals surface area (Å²) in [6.07, 6.45) is 0. The van der Waals surface area contributed by atoms with Crippen LogP contribution in [0.25, 0.3) is 55.0 Å². The van der Waals surface area contributed by atoms with Gasteiger partial charge in [-0.25, -0.2) is 9.97 Å². The minimum Gasteiger partial charge on any atom is -0.242 e. The van der Waals surface area contributed by atoms with Crippen molar-refractivity contribution in [3.05, 3.63) is 108 Å². The van der Waals surface area contributed by atoms with E-state index in [-0.39, 0.29) is 0 Å². The number of rotatable bonds is 2. The van der Waals surface area contributed by atoms with Crippen LogP contribution >= 0.6 is 11.6 Å². The lowest BCUT2D eigenvalue weighted by atomic mass is 9.99. The Morgan fingerprint density at radius 3 is 1.65 bits per heavy atom. The maximum atomic E-state index is 6.71. The molecular weight excluding hydrogens is 400 g/mol. The molecule has 31 heavy (non-hydrogen) atoms. The van der Waals surface area contributed by atoms with E-state index in [2.05, 4.69) is 60.7 Å². The molecule has 1 aromatic heterocycles. The van der Waals surface area contributed by atoms with Gasteiger partial charge in [-0.1, -0.05) is 109 Å². The highest BCUT2D eigenvalue weighted by atomic mass is 35.5. The van der Waals surface area contributed by atoms with Crippen molar-refractivity contribution in [1.82, 2.24) is 9.97 Å². The zero-order valence-corrected chi connectivity index (χ0v) is 17.3. The van der Waals surface area contributed by atoms with Crippen LogP contribution in [0.3, 0.4) is 0 Å². The van der Waals surface area contributed by atoms with Crippen LogP contribution < -0.4 is 0 Å². The largest absolute Gasteiger partial charge is 0.242 e. The molecule has 3 heteroatoms. The van der Waals surface area contributed by atoms with Crippen LogP contribution in [-0.4, -0.2) is 9.97 Å². The summed E-state index contributed by atoms with van der Waals surface area (Å²) in [5.41, 5.74) is 5.65. The summed E-state index contributed by atoms with van der Waals surface area (Å²) >= 11 is 6.71. The average Bonchev–Trinajstić information content (AvgIpc) is 2.84. The number of nitrogens with zero attached hydrogens (tertiary/aromatic N) is 2. The second kappa shape index (κ2) is 7.19. The number of hydrogen-bond donors (Lipinski definition) is 0. The quantitative estimate of drug-likeness (QED) is 0.268. The first-order valence-corrected chi connectivity index (χ1v) is 10.6. The van der Waals surface area contributed by atoms with E-state index in [9.17, 15) is 0 Å². The van der Waals surface area contributed by atoms with E-state index in [1.165, 1.54) is 5.39 Å². The van der Waals surface area contributed by atoms with Gasteiger partial charge in [-0.3, -0.25) is 0 Å². The van der Waals surface area contributed by atoms with Crippen LogP contribution in [0.2, 0.25) is 5.15 Å². The topological polar surface area (TPSA) is 25.8 Å². The zero-order chi connectivity index (χ0) is 20.8. The van der Waals surface area contributed by atoms with Crippen LogP contribution in [0.1, 0.15) is 0 Å². The Labute approximate surface area is 184 Å². The summed E-state index contributed by atoms with van der Waals surface area (Å²) in [6.45, 7) is 0. The number of benzene rings is 5. The molecule has 0 atom stereocenters. The Morgan fingerprint density at radius 2 is 0.968 bits per heavy atom. The van der Waals surface area contributed by atoms with Crippen molar-refractivity contribution >= 4 is 44.2 Å². The standard InChI is InChI=1S/C28H17ClN2/c29-28-25(20-12-8-11-19(17-20)18-9-2-1-3-10-18)30-26-23-15-6-4-13-21(23)22-14-5-7-16-24(22)27(26)31-28/h1-17H. The highest BCUT2D eigenvalue weighted by molar-refractivity contribution is 6.33. The first-order valence-electron chi connectivity index (χ1n) is 10.2. The molecule has 146 valence electrons. The molecule has 0 saturated heterocycles. The molecular formula is C28H17ClN2. The number of aromatic nitrogens is 2. The molecule has 1 heterocycles. The van der Waals surface area contributed by atoms with Crippen molar-refractivity contribution in [1.29, 1.82) is 0 Å². The van der Waals surface area contributed by atoms with Crippen molar-refractivity contribution in [2.45, 2.75) is 0 Å². The minimum absolute atomic E-state index is 0.415. The first-order chi connectivity index (χ1) is 15.3. The molecule has 0 fully saturated rings. The fourth-order valence-electron chi connectivity index (χ4n) is 4.30. The highest BCUT2D eigenvalue weighted by Gasteiger charge is 2.15. The van der Waals surface area contributed by atoms with Crippen molar-refractivity contribution < 1.29 is 0 Å². The fraction of sp³-hybridized carbons (Fsp3) is 0. The molecule has 6 aromatic rings. The van der Waals surface area contributed by atoms with Gasteiger partial charge in [0.15, 0.2) is 5.15 Å². The van der Waals surface area contributed by atoms with E-state index in [0.717, 1.165) is 43.9 Å². The summed E-state index contributed by atoms with van der Waals surface area (Å²) in [6, 6.07) is 35.3. The lowest BCUT2D eigenvalue weighted by Gasteiger charge is -2.12. The third kappa shape index (κ3) is 2.96. The van der Waals surface area contributed by atoms with Crippen LogP contribution in [0.15, 0.2) is 103 Å². The van der Waals surface area contributed by atoms with Gasteiger partial charge in [0.2, 0.25) is 0 Å². The Hall–Kier alpha value is -3.75. The average molecular weight is 417 g/mol. The van der Waals surface area contributed by atoms with Crippen LogP contribution in [0, 0.1) is 0 Å². The van der Waals surface area contributed by atoms with Crippen molar-refractivity contribution in [3.63, 3.8) is 0 Å². The zero-order valence-electron chi connectivity index (χ0n) is 16.6. The monoisotopic (exact) mass is 416 g/mol. The van der Waals surface area contributed by atoms with Crippen LogP contribution in [0.5, 0.6) is 0 Å². The van der Waals surface area contributed by atoms with E-state index in [4.69, 9.17) is 21.6 Å². The van der Waals surface area contributed by atoms with Gasteiger partial charge in [-0.15, -0.1) is 0 Å². The summed E-state index contributed by atoms with van der Waals surface area (Å²) in [5, 5.41) is 4.90. The molecule has 0 spiro atoms. The Kier molecular flexibility index (Phi) is 4.19. The number of hydrogen-bond acceptors (Lipinski definition) is 2. The molecule has 0 aliphatic carbocycles. The minimum atomic E-state index is 0.415. The number of halogens is 1. The Balaban J connectivity index is 1.65. The predicted molar refractivity (Wildman–Crippen MR) is 130 cm³/mol. The lowest BCUT2D eigenvalue weighted by molar-refractivity contribution is 1.31. The van der Waals surface area contributed by atoms with E-state index < -0.39 is 0 Å². The molecule has 5 aromatic carbocycles. The maximum absolute atomic E-state index is 6.71. The summed E-state index contributed by atoms with van der Waals surface area (Å²) in [7, 11) is 0. The van der Waals surface area contributed by atoms with Crippen LogP contribution in [0.4, 0.5) is 0 Å². The molecule has 0 radical (unpaired) electrons. The van der Waals surface area contributed by atoms with Crippen LogP contribution in [-0.2, 0) is 0 Å². The summed E-state index contributed by atoms with van der Waals surface area (Å²) < 4.78 is 0. The first kappa shape index (κ1) is 18.1. The SMILES string of the molecule is Clc1nc2c3ccccc3c3ccccc3c2nc1-c1cccc(-c2ccccc2)c1. The van der Waals surface area contributed by atoms with Gasteiger partial charge in [0.05, 0.1) is 11.0 Å². The van der Waals surface area contributed by atoms with Crippen molar-refractivity contribution in [2.75, 3.05) is 0 Å². The molecule has 0 bridgehead atoms. The molecule has 0 aliphatic rings. The third-order valence-corrected chi connectivity index (χ3v) is 6.01. The molecule has 0 amide bonds. The van der Waals surface area contributed by atoms with Gasteiger partial charge in [0.1, 0.15) is 5.69 Å². The Bertz CT molecular complexity index is 1590. The number of fused-ring (bicyclic) bond motifs is 6. The van der Waals surface area contributed by atoms with Gasteiger partial charge in [0.25, 0.3) is 0 Å². The second-order valence-corrected chi connectivity index (χ2v) is 7.96. The lowest BCUT2D eigenvalue weighted by Crippen LogP contribution is -1.94. The normalized spacial score (nSPS) is 11.4. The smallest absolute Gasteiger partial charge is 0.156 e. The van der Waals surface area contributed by atoms with Crippen molar-refractivity contribution in [3.8, 4) is 22.4 Å². The highest BCUT2D eigenvalue weighted by Crippen LogP contribution is 2.36. The Morgan fingerprint density at radius 1 is 0.452 bits per heavy atom. The van der Waals surface area contributed by atoms with Gasteiger partial charge in [0, 0.05) is 16.3 Å². The third-order valence-electron chi connectivity index (χ3n) is 5.75. The molecule has 2 nitrogen and oxygen atoms in total. The molecule has 0 unspecified atom stereocenters. The van der Waals surface area contributed by atoms with E-state index in [1.807, 2.05) is 42.5 Å². The summed E-state index contributed by atoms with van der Waals surface area (Å²) in [4.78, 5) is 9.90.